The Labute approximate surface area is 113 Å². The molecule has 6 nitrogen and oxygen atoms in total. The molecular formula is C13H23NO5. The molecule has 2 atom stereocenters. The number of hydrogen-bond donors (Lipinski definition) is 1. The van der Waals surface area contributed by atoms with Gasteiger partial charge < -0.3 is 14.8 Å². The molecule has 0 unspecified atom stereocenters. The van der Waals surface area contributed by atoms with E-state index in [1.807, 2.05) is 13.8 Å². The van der Waals surface area contributed by atoms with Crippen molar-refractivity contribution < 1.29 is 23.9 Å². The predicted molar refractivity (Wildman–Crippen MR) is 69.2 cm³/mol. The third kappa shape index (κ3) is 6.79. The summed E-state index contributed by atoms with van der Waals surface area (Å²) >= 11 is 0. The monoisotopic (exact) mass is 273 g/mol. The first kappa shape index (κ1) is 17.4. The molecule has 19 heavy (non-hydrogen) atoms. The molecule has 0 aliphatic rings. The second kappa shape index (κ2) is 8.50. The topological polar surface area (TPSA) is 81.7 Å². The summed E-state index contributed by atoms with van der Waals surface area (Å²) in [6.07, 6.45) is 0.358. The standard InChI is InChI=1S/C13H23NO5/c1-8(2)6-10(15)14-12(13(17)19-5)9(3)7-11(16)18-4/h8-9,12H,6-7H2,1-5H3,(H,14,15)/t9-,12+/m1/s1. The molecule has 0 rings (SSSR count). The third-order valence-electron chi connectivity index (χ3n) is 2.65. The van der Waals surface area contributed by atoms with Crippen molar-refractivity contribution in [1.29, 1.82) is 0 Å². The molecule has 0 saturated carbocycles. The average molecular weight is 273 g/mol. The van der Waals surface area contributed by atoms with E-state index in [1.54, 1.807) is 6.92 Å². The molecule has 0 heterocycles. The largest absolute Gasteiger partial charge is 0.469 e. The van der Waals surface area contributed by atoms with Crippen LogP contribution in [-0.2, 0) is 23.9 Å². The summed E-state index contributed by atoms with van der Waals surface area (Å²) in [6.45, 7) is 5.50. The van der Waals surface area contributed by atoms with Crippen molar-refractivity contribution in [2.24, 2.45) is 11.8 Å². The van der Waals surface area contributed by atoms with Gasteiger partial charge in [0.05, 0.1) is 20.6 Å². The number of hydrogen-bond acceptors (Lipinski definition) is 5. The van der Waals surface area contributed by atoms with E-state index < -0.39 is 23.9 Å². The van der Waals surface area contributed by atoms with Crippen molar-refractivity contribution in [3.05, 3.63) is 0 Å². The van der Waals surface area contributed by atoms with Crippen LogP contribution in [0.1, 0.15) is 33.6 Å². The van der Waals surface area contributed by atoms with Crippen LogP contribution < -0.4 is 5.32 Å². The Morgan fingerprint density at radius 3 is 2.00 bits per heavy atom. The second-order valence-corrected chi connectivity index (χ2v) is 4.92. The van der Waals surface area contributed by atoms with Crippen LogP contribution in [0.3, 0.4) is 0 Å². The van der Waals surface area contributed by atoms with Gasteiger partial charge in [-0.25, -0.2) is 4.79 Å². The quantitative estimate of drug-likeness (QED) is 0.697. The summed E-state index contributed by atoms with van der Waals surface area (Å²) < 4.78 is 9.20. The van der Waals surface area contributed by atoms with E-state index in [4.69, 9.17) is 0 Å². The van der Waals surface area contributed by atoms with Gasteiger partial charge in [0.1, 0.15) is 6.04 Å². The first-order valence-electron chi connectivity index (χ1n) is 6.25. The van der Waals surface area contributed by atoms with Gasteiger partial charge in [0.25, 0.3) is 0 Å². The van der Waals surface area contributed by atoms with Crippen molar-refractivity contribution in [3.63, 3.8) is 0 Å². The van der Waals surface area contributed by atoms with Gasteiger partial charge >= 0.3 is 11.9 Å². The highest BCUT2D eigenvalue weighted by Crippen LogP contribution is 2.12. The minimum atomic E-state index is -0.838. The van der Waals surface area contributed by atoms with Crippen LogP contribution in [0.2, 0.25) is 0 Å². The maximum Gasteiger partial charge on any atom is 0.328 e. The number of carbonyl (C=O) groups excluding carboxylic acids is 3. The van der Waals surface area contributed by atoms with E-state index in [0.29, 0.717) is 6.42 Å². The molecule has 0 radical (unpaired) electrons. The van der Waals surface area contributed by atoms with E-state index in [-0.39, 0.29) is 18.2 Å². The highest BCUT2D eigenvalue weighted by Gasteiger charge is 2.29. The fraction of sp³-hybridized carbons (Fsp3) is 0.769. The van der Waals surface area contributed by atoms with Gasteiger partial charge in [0.2, 0.25) is 5.91 Å². The molecule has 0 aliphatic heterocycles. The SMILES string of the molecule is COC(=O)C[C@@H](C)[C@H](NC(=O)CC(C)C)C(=O)OC. The van der Waals surface area contributed by atoms with E-state index in [2.05, 4.69) is 14.8 Å². The average Bonchev–Trinajstić information content (AvgIpc) is 2.33. The summed E-state index contributed by atoms with van der Waals surface area (Å²) in [7, 11) is 2.52. The van der Waals surface area contributed by atoms with E-state index in [0.717, 1.165) is 0 Å². The Balaban J connectivity index is 4.67. The smallest absolute Gasteiger partial charge is 0.328 e. The molecule has 0 aromatic rings. The molecule has 0 aromatic heterocycles. The Kier molecular flexibility index (Phi) is 7.79. The molecule has 1 N–H and O–H groups in total. The number of amides is 1. The number of esters is 2. The highest BCUT2D eigenvalue weighted by molar-refractivity contribution is 5.85. The van der Waals surface area contributed by atoms with Crippen molar-refractivity contribution in [3.8, 4) is 0 Å². The molecule has 0 saturated heterocycles. The van der Waals surface area contributed by atoms with Crippen LogP contribution in [0.5, 0.6) is 0 Å². The van der Waals surface area contributed by atoms with E-state index >= 15 is 0 Å². The van der Waals surface area contributed by atoms with E-state index in [9.17, 15) is 14.4 Å². The highest BCUT2D eigenvalue weighted by atomic mass is 16.5. The summed E-state index contributed by atoms with van der Waals surface area (Å²) in [5.74, 6) is -1.43. The Morgan fingerprint density at radius 2 is 1.58 bits per heavy atom. The first-order chi connectivity index (χ1) is 8.81. The number of carbonyl (C=O) groups is 3. The molecule has 6 heteroatoms. The minimum absolute atomic E-state index is 0.0399. The van der Waals surface area contributed by atoms with Crippen molar-refractivity contribution in [2.75, 3.05) is 14.2 Å². The summed E-state index contributed by atoms with van der Waals surface area (Å²) in [6, 6.07) is -0.838. The minimum Gasteiger partial charge on any atom is -0.469 e. The van der Waals surface area contributed by atoms with Crippen molar-refractivity contribution >= 4 is 17.8 Å². The van der Waals surface area contributed by atoms with Crippen molar-refractivity contribution in [1.82, 2.24) is 5.32 Å². The van der Waals surface area contributed by atoms with Crippen LogP contribution in [0.4, 0.5) is 0 Å². The van der Waals surface area contributed by atoms with Crippen LogP contribution in [0.25, 0.3) is 0 Å². The predicted octanol–water partition coefficient (Wildman–Crippen LogP) is 0.889. The summed E-state index contributed by atoms with van der Waals surface area (Å²) in [5, 5.41) is 2.61. The molecule has 0 bridgehead atoms. The van der Waals surface area contributed by atoms with Gasteiger partial charge in [-0.3, -0.25) is 9.59 Å². The van der Waals surface area contributed by atoms with Crippen LogP contribution >= 0.6 is 0 Å². The fourth-order valence-electron chi connectivity index (χ4n) is 1.63. The van der Waals surface area contributed by atoms with Crippen LogP contribution in [0, 0.1) is 11.8 Å². The normalized spacial score (nSPS) is 13.6. The van der Waals surface area contributed by atoms with Crippen LogP contribution in [0.15, 0.2) is 0 Å². The van der Waals surface area contributed by atoms with Crippen LogP contribution in [-0.4, -0.2) is 38.1 Å². The lowest BCUT2D eigenvalue weighted by Gasteiger charge is -2.22. The van der Waals surface area contributed by atoms with Gasteiger partial charge in [-0.1, -0.05) is 20.8 Å². The van der Waals surface area contributed by atoms with Gasteiger partial charge in [-0.2, -0.15) is 0 Å². The van der Waals surface area contributed by atoms with E-state index in [1.165, 1.54) is 14.2 Å². The van der Waals surface area contributed by atoms with Gasteiger partial charge in [-0.15, -0.1) is 0 Å². The number of rotatable bonds is 7. The number of methoxy groups -OCH3 is 2. The zero-order valence-corrected chi connectivity index (χ0v) is 12.2. The molecule has 0 fully saturated rings. The number of ether oxygens (including phenoxy) is 2. The Bertz CT molecular complexity index is 327. The Morgan fingerprint density at radius 1 is 1.00 bits per heavy atom. The molecule has 1 amide bonds. The zero-order valence-electron chi connectivity index (χ0n) is 12.2. The molecular weight excluding hydrogens is 250 g/mol. The Hall–Kier alpha value is -1.59. The fourth-order valence-corrected chi connectivity index (χ4v) is 1.63. The first-order valence-corrected chi connectivity index (χ1v) is 6.25. The molecule has 0 aliphatic carbocycles. The summed E-state index contributed by atoms with van der Waals surface area (Å²) in [4.78, 5) is 34.6. The maximum absolute atomic E-state index is 11.7. The zero-order chi connectivity index (χ0) is 15.0. The van der Waals surface area contributed by atoms with Gasteiger partial charge in [0.15, 0.2) is 0 Å². The molecule has 110 valence electrons. The number of nitrogens with one attached hydrogen (secondary N) is 1. The lowest BCUT2D eigenvalue weighted by molar-refractivity contribution is -0.148. The molecule has 0 aromatic carbocycles. The van der Waals surface area contributed by atoms with Gasteiger partial charge in [0, 0.05) is 6.42 Å². The lowest BCUT2D eigenvalue weighted by atomic mass is 9.97. The third-order valence-corrected chi connectivity index (χ3v) is 2.65. The lowest BCUT2D eigenvalue weighted by Crippen LogP contribution is -2.46. The second-order valence-electron chi connectivity index (χ2n) is 4.92. The summed E-state index contributed by atoms with van der Waals surface area (Å²) in [5.41, 5.74) is 0. The van der Waals surface area contributed by atoms with Gasteiger partial charge in [-0.05, 0) is 11.8 Å². The molecule has 0 spiro atoms. The van der Waals surface area contributed by atoms with Crippen molar-refractivity contribution in [2.45, 2.75) is 39.7 Å². The maximum atomic E-state index is 11.7.